The van der Waals surface area contributed by atoms with Crippen molar-refractivity contribution in [2.75, 3.05) is 29.9 Å². The van der Waals surface area contributed by atoms with Gasteiger partial charge in [0, 0.05) is 12.7 Å². The highest BCUT2D eigenvalue weighted by atomic mass is 16.5. The maximum Gasteiger partial charge on any atom is 0.253 e. The summed E-state index contributed by atoms with van der Waals surface area (Å²) >= 11 is 0. The topological polar surface area (TPSA) is 83.6 Å². The quantitative estimate of drug-likeness (QED) is 0.653. The minimum absolute atomic E-state index is 0.0621. The van der Waals surface area contributed by atoms with E-state index in [9.17, 15) is 9.59 Å². The third-order valence-electron chi connectivity index (χ3n) is 5.85. The summed E-state index contributed by atoms with van der Waals surface area (Å²) in [5, 5.41) is 6.00. The molecule has 0 radical (unpaired) electrons. The van der Waals surface area contributed by atoms with Gasteiger partial charge in [-0.3, -0.25) is 9.59 Å². The monoisotopic (exact) mass is 428 g/mol. The summed E-state index contributed by atoms with van der Waals surface area (Å²) in [6.45, 7) is 1.61. The van der Waals surface area contributed by atoms with Crippen LogP contribution in [0.25, 0.3) is 0 Å². The van der Waals surface area contributed by atoms with E-state index >= 15 is 0 Å². The first kappa shape index (κ1) is 20.2. The SMILES string of the molecule is O=C(NCC1OCCc2ccccc21)c1cnc2c(c1)N(Cc1ccccc1)C(=O)CN2. The first-order chi connectivity index (χ1) is 15.7. The fraction of sp³-hybridized carbons (Fsp3) is 0.240. The second-order valence-corrected chi connectivity index (χ2v) is 7.93. The van der Waals surface area contributed by atoms with Crippen molar-refractivity contribution in [3.63, 3.8) is 0 Å². The normalized spacial score (nSPS) is 17.2. The zero-order chi connectivity index (χ0) is 21.9. The minimum atomic E-state index is -0.246. The Morgan fingerprint density at radius 1 is 1.16 bits per heavy atom. The van der Waals surface area contributed by atoms with Gasteiger partial charge in [0.15, 0.2) is 5.82 Å². The summed E-state index contributed by atoms with van der Waals surface area (Å²) in [5.41, 5.74) is 4.40. The van der Waals surface area contributed by atoms with Gasteiger partial charge >= 0.3 is 0 Å². The van der Waals surface area contributed by atoms with Gasteiger partial charge in [0.05, 0.1) is 30.9 Å². The summed E-state index contributed by atoms with van der Waals surface area (Å²) in [4.78, 5) is 31.6. The number of fused-ring (bicyclic) bond motifs is 2. The number of aromatic nitrogens is 1. The molecule has 2 N–H and O–H groups in total. The summed E-state index contributed by atoms with van der Waals surface area (Å²) in [6.07, 6.45) is 2.24. The van der Waals surface area contributed by atoms with Crippen molar-refractivity contribution in [1.29, 1.82) is 0 Å². The van der Waals surface area contributed by atoms with Crippen molar-refractivity contribution >= 4 is 23.3 Å². The molecule has 2 aliphatic heterocycles. The third-order valence-corrected chi connectivity index (χ3v) is 5.85. The number of benzene rings is 2. The molecule has 0 bridgehead atoms. The lowest BCUT2D eigenvalue weighted by atomic mass is 9.97. The van der Waals surface area contributed by atoms with E-state index in [1.807, 2.05) is 48.5 Å². The number of carbonyl (C=O) groups is 2. The Morgan fingerprint density at radius 3 is 2.84 bits per heavy atom. The van der Waals surface area contributed by atoms with Crippen molar-refractivity contribution in [1.82, 2.24) is 10.3 Å². The molecule has 0 spiro atoms. The van der Waals surface area contributed by atoms with E-state index < -0.39 is 0 Å². The first-order valence-corrected chi connectivity index (χ1v) is 10.7. The molecule has 0 fully saturated rings. The molecule has 0 aliphatic carbocycles. The summed E-state index contributed by atoms with van der Waals surface area (Å²) in [6, 6.07) is 19.6. The maximum absolute atomic E-state index is 12.9. The molecular weight excluding hydrogens is 404 g/mol. The molecule has 7 heteroatoms. The van der Waals surface area contributed by atoms with E-state index in [1.165, 1.54) is 11.8 Å². The van der Waals surface area contributed by atoms with Gasteiger partial charge in [0.1, 0.15) is 6.10 Å². The molecule has 162 valence electrons. The molecule has 32 heavy (non-hydrogen) atoms. The van der Waals surface area contributed by atoms with Crippen LogP contribution in [0.2, 0.25) is 0 Å². The molecule has 0 saturated carbocycles. The largest absolute Gasteiger partial charge is 0.371 e. The van der Waals surface area contributed by atoms with E-state index in [0.717, 1.165) is 17.5 Å². The average Bonchev–Trinajstić information content (AvgIpc) is 2.84. The van der Waals surface area contributed by atoms with Crippen molar-refractivity contribution in [3.05, 3.63) is 89.1 Å². The summed E-state index contributed by atoms with van der Waals surface area (Å²) < 4.78 is 5.89. The Balaban J connectivity index is 1.33. The van der Waals surface area contributed by atoms with Gasteiger partial charge in [-0.05, 0) is 29.2 Å². The zero-order valence-electron chi connectivity index (χ0n) is 17.6. The van der Waals surface area contributed by atoms with E-state index in [1.54, 1.807) is 11.0 Å². The van der Waals surface area contributed by atoms with Crippen LogP contribution in [0.3, 0.4) is 0 Å². The number of hydrogen-bond acceptors (Lipinski definition) is 5. The van der Waals surface area contributed by atoms with Crippen LogP contribution in [0.5, 0.6) is 0 Å². The number of nitrogens with one attached hydrogen (secondary N) is 2. The van der Waals surface area contributed by atoms with Gasteiger partial charge in [-0.1, -0.05) is 54.6 Å². The fourth-order valence-electron chi connectivity index (χ4n) is 4.18. The Bertz CT molecular complexity index is 1150. The lowest BCUT2D eigenvalue weighted by Gasteiger charge is -2.30. The minimum Gasteiger partial charge on any atom is -0.371 e. The molecule has 1 unspecified atom stereocenters. The second kappa shape index (κ2) is 8.80. The smallest absolute Gasteiger partial charge is 0.253 e. The standard InChI is InChI=1S/C25H24N4O3/c30-23-15-27-24-21(29(23)16-17-6-2-1-3-7-17)12-19(13-26-24)25(31)28-14-22-20-9-5-4-8-18(20)10-11-32-22/h1-9,12-13,22H,10-11,14-16H2,(H,26,27)(H,28,31). The predicted octanol–water partition coefficient (Wildman–Crippen LogP) is 3.08. The zero-order valence-corrected chi connectivity index (χ0v) is 17.6. The van der Waals surface area contributed by atoms with Crippen LogP contribution in [0.15, 0.2) is 66.9 Å². The van der Waals surface area contributed by atoms with Crippen molar-refractivity contribution < 1.29 is 14.3 Å². The Morgan fingerprint density at radius 2 is 1.97 bits per heavy atom. The van der Waals surface area contributed by atoms with Crippen molar-refractivity contribution in [3.8, 4) is 0 Å². The lowest BCUT2D eigenvalue weighted by Crippen LogP contribution is -2.40. The third kappa shape index (κ3) is 4.07. The predicted molar refractivity (Wildman–Crippen MR) is 122 cm³/mol. The molecule has 2 amide bonds. The molecule has 5 rings (SSSR count). The van der Waals surface area contributed by atoms with E-state index in [4.69, 9.17) is 4.74 Å². The Labute approximate surface area is 186 Å². The summed E-state index contributed by atoms with van der Waals surface area (Å²) in [5.74, 6) is 0.291. The van der Waals surface area contributed by atoms with E-state index in [-0.39, 0.29) is 24.5 Å². The molecule has 2 aromatic carbocycles. The average molecular weight is 428 g/mol. The van der Waals surface area contributed by atoms with Crippen LogP contribution >= 0.6 is 0 Å². The molecular formula is C25H24N4O3. The highest BCUT2D eigenvalue weighted by Gasteiger charge is 2.27. The molecule has 1 aromatic heterocycles. The molecule has 2 aliphatic rings. The van der Waals surface area contributed by atoms with Crippen LogP contribution < -0.4 is 15.5 Å². The molecule has 1 atom stereocenters. The number of nitrogens with zero attached hydrogens (tertiary/aromatic N) is 2. The first-order valence-electron chi connectivity index (χ1n) is 10.7. The maximum atomic E-state index is 12.9. The Kier molecular flexibility index (Phi) is 5.56. The molecule has 3 heterocycles. The molecule has 3 aromatic rings. The Hall–Kier alpha value is -3.71. The van der Waals surface area contributed by atoms with Crippen LogP contribution in [-0.4, -0.2) is 36.5 Å². The number of rotatable bonds is 5. The second-order valence-electron chi connectivity index (χ2n) is 7.93. The highest BCUT2D eigenvalue weighted by Crippen LogP contribution is 2.30. The van der Waals surface area contributed by atoms with Gasteiger partial charge < -0.3 is 20.3 Å². The number of pyridine rings is 1. The number of anilines is 2. The number of hydrogen-bond donors (Lipinski definition) is 2. The number of ether oxygens (including phenoxy) is 1. The fourth-order valence-corrected chi connectivity index (χ4v) is 4.18. The van der Waals surface area contributed by atoms with E-state index in [0.29, 0.717) is 36.8 Å². The van der Waals surface area contributed by atoms with Crippen molar-refractivity contribution in [2.24, 2.45) is 0 Å². The molecule has 0 saturated heterocycles. The van der Waals surface area contributed by atoms with Crippen LogP contribution in [0, 0.1) is 0 Å². The van der Waals surface area contributed by atoms with Crippen LogP contribution in [0.4, 0.5) is 11.5 Å². The van der Waals surface area contributed by atoms with Gasteiger partial charge in [-0.2, -0.15) is 0 Å². The molecule has 7 nitrogen and oxygen atoms in total. The number of amides is 2. The highest BCUT2D eigenvalue weighted by molar-refractivity contribution is 6.04. The summed E-state index contributed by atoms with van der Waals surface area (Å²) in [7, 11) is 0. The van der Waals surface area contributed by atoms with Crippen LogP contribution in [-0.2, 0) is 22.5 Å². The van der Waals surface area contributed by atoms with Gasteiger partial charge in [-0.25, -0.2) is 4.98 Å². The van der Waals surface area contributed by atoms with Gasteiger partial charge in [0.2, 0.25) is 5.91 Å². The van der Waals surface area contributed by atoms with Gasteiger partial charge in [-0.15, -0.1) is 0 Å². The van der Waals surface area contributed by atoms with E-state index in [2.05, 4.69) is 21.7 Å². The van der Waals surface area contributed by atoms with Gasteiger partial charge in [0.25, 0.3) is 5.91 Å². The number of carbonyl (C=O) groups excluding carboxylic acids is 2. The van der Waals surface area contributed by atoms with Crippen LogP contribution in [0.1, 0.15) is 33.2 Å². The lowest BCUT2D eigenvalue weighted by molar-refractivity contribution is -0.117. The van der Waals surface area contributed by atoms with Crippen molar-refractivity contribution in [2.45, 2.75) is 19.1 Å².